The van der Waals surface area contributed by atoms with Crippen molar-refractivity contribution in [3.8, 4) is 0 Å². The fraction of sp³-hybridized carbons (Fsp3) is 0.667. The summed E-state index contributed by atoms with van der Waals surface area (Å²) in [5.74, 6) is -0.344. The minimum atomic E-state index is -0.344. The van der Waals surface area contributed by atoms with Crippen LogP contribution in [0.1, 0.15) is 33.6 Å². The monoisotopic (exact) mass is 171 g/mol. The van der Waals surface area contributed by atoms with Crippen LogP contribution in [0.2, 0.25) is 0 Å². The van der Waals surface area contributed by atoms with Crippen LogP contribution in [0.15, 0.2) is 11.8 Å². The van der Waals surface area contributed by atoms with Crippen LogP contribution in [0.5, 0.6) is 0 Å². The van der Waals surface area contributed by atoms with Gasteiger partial charge in [-0.25, -0.2) is 4.79 Å². The Bertz CT molecular complexity index is 167. The first kappa shape index (κ1) is 11.0. The molecular weight excluding hydrogens is 154 g/mol. The number of nitrogens with two attached hydrogens (primary N) is 1. The largest absolute Gasteiger partial charge is 0.459 e. The highest BCUT2D eigenvalue weighted by atomic mass is 16.5. The van der Waals surface area contributed by atoms with Gasteiger partial charge in [-0.15, -0.1) is 0 Å². The van der Waals surface area contributed by atoms with E-state index in [-0.39, 0.29) is 12.1 Å². The molecule has 0 bridgehead atoms. The van der Waals surface area contributed by atoms with Crippen molar-refractivity contribution < 1.29 is 9.53 Å². The van der Waals surface area contributed by atoms with E-state index in [0.29, 0.717) is 5.70 Å². The number of carbonyl (C=O) groups is 1. The Balaban J connectivity index is 3.90. The van der Waals surface area contributed by atoms with Crippen LogP contribution < -0.4 is 5.73 Å². The van der Waals surface area contributed by atoms with E-state index < -0.39 is 0 Å². The molecule has 0 aromatic carbocycles. The normalized spacial score (nSPS) is 11.8. The van der Waals surface area contributed by atoms with Gasteiger partial charge >= 0.3 is 5.97 Å². The lowest BCUT2D eigenvalue weighted by Gasteiger charge is -2.11. The van der Waals surface area contributed by atoms with Crippen molar-refractivity contribution in [2.24, 2.45) is 5.73 Å². The Hall–Kier alpha value is -0.990. The summed E-state index contributed by atoms with van der Waals surface area (Å²) in [6.07, 6.45) is 3.02. The van der Waals surface area contributed by atoms with Crippen molar-refractivity contribution in [3.63, 3.8) is 0 Å². The lowest BCUT2D eigenvalue weighted by atomic mass is 10.2. The first-order chi connectivity index (χ1) is 5.60. The Morgan fingerprint density at radius 1 is 1.50 bits per heavy atom. The van der Waals surface area contributed by atoms with Gasteiger partial charge in [0.2, 0.25) is 0 Å². The molecule has 0 heterocycles. The lowest BCUT2D eigenvalue weighted by molar-refractivity contribution is -0.143. The lowest BCUT2D eigenvalue weighted by Crippen LogP contribution is -2.15. The molecule has 0 saturated carbocycles. The highest BCUT2D eigenvalue weighted by Gasteiger charge is 2.07. The van der Waals surface area contributed by atoms with E-state index in [1.54, 1.807) is 6.92 Å². The van der Waals surface area contributed by atoms with Gasteiger partial charge in [0.25, 0.3) is 0 Å². The standard InChI is InChI=1S/C9H17NO2/c1-4-8(5-2)12-9(11)6-7(3)10/h6,8H,4-5,10H2,1-3H3. The van der Waals surface area contributed by atoms with Crippen LogP contribution in [0.25, 0.3) is 0 Å². The maximum absolute atomic E-state index is 11.0. The molecule has 0 fully saturated rings. The summed E-state index contributed by atoms with van der Waals surface area (Å²) in [6.45, 7) is 5.63. The summed E-state index contributed by atoms with van der Waals surface area (Å²) in [5, 5.41) is 0. The molecule has 3 nitrogen and oxygen atoms in total. The molecule has 0 saturated heterocycles. The van der Waals surface area contributed by atoms with Crippen molar-refractivity contribution in [2.45, 2.75) is 39.7 Å². The molecule has 2 N–H and O–H groups in total. The summed E-state index contributed by atoms with van der Waals surface area (Å²) in [7, 11) is 0. The molecule has 0 aliphatic carbocycles. The van der Waals surface area contributed by atoms with Gasteiger partial charge in [0.05, 0.1) is 0 Å². The number of allylic oxidation sites excluding steroid dienone is 1. The van der Waals surface area contributed by atoms with Crippen LogP contribution in [-0.2, 0) is 9.53 Å². The van der Waals surface area contributed by atoms with Crippen molar-refractivity contribution in [2.75, 3.05) is 0 Å². The van der Waals surface area contributed by atoms with Crippen LogP contribution in [0.4, 0.5) is 0 Å². The van der Waals surface area contributed by atoms with E-state index in [0.717, 1.165) is 12.8 Å². The zero-order valence-corrected chi connectivity index (χ0v) is 7.96. The van der Waals surface area contributed by atoms with E-state index in [1.165, 1.54) is 6.08 Å². The first-order valence-corrected chi connectivity index (χ1v) is 4.24. The van der Waals surface area contributed by atoms with Gasteiger partial charge in [-0.2, -0.15) is 0 Å². The van der Waals surface area contributed by atoms with E-state index in [4.69, 9.17) is 10.5 Å². The smallest absolute Gasteiger partial charge is 0.332 e. The van der Waals surface area contributed by atoms with E-state index in [1.807, 2.05) is 13.8 Å². The molecule has 0 amide bonds. The molecule has 12 heavy (non-hydrogen) atoms. The van der Waals surface area contributed by atoms with Gasteiger partial charge in [-0.1, -0.05) is 13.8 Å². The van der Waals surface area contributed by atoms with Crippen LogP contribution in [0.3, 0.4) is 0 Å². The molecule has 0 atom stereocenters. The molecule has 0 aliphatic rings. The molecule has 0 radical (unpaired) electrons. The summed E-state index contributed by atoms with van der Waals surface area (Å²) in [5.41, 5.74) is 5.79. The number of esters is 1. The van der Waals surface area contributed by atoms with Crippen molar-refractivity contribution in [1.82, 2.24) is 0 Å². The fourth-order valence-corrected chi connectivity index (χ4v) is 0.840. The average molecular weight is 171 g/mol. The minimum absolute atomic E-state index is 0.0214. The number of hydrogen-bond donors (Lipinski definition) is 1. The van der Waals surface area contributed by atoms with E-state index >= 15 is 0 Å². The third-order valence-electron chi connectivity index (χ3n) is 1.54. The minimum Gasteiger partial charge on any atom is -0.459 e. The van der Waals surface area contributed by atoms with Crippen LogP contribution >= 0.6 is 0 Å². The predicted molar refractivity (Wildman–Crippen MR) is 48.4 cm³/mol. The van der Waals surface area contributed by atoms with Crippen LogP contribution in [-0.4, -0.2) is 12.1 Å². The van der Waals surface area contributed by atoms with E-state index in [2.05, 4.69) is 0 Å². The third kappa shape index (κ3) is 4.77. The zero-order valence-electron chi connectivity index (χ0n) is 7.96. The number of ether oxygens (including phenoxy) is 1. The number of hydrogen-bond acceptors (Lipinski definition) is 3. The SMILES string of the molecule is CCC(CC)OC(=O)C=C(C)N. The molecule has 0 aliphatic heterocycles. The van der Waals surface area contributed by atoms with Gasteiger partial charge < -0.3 is 10.5 Å². The molecule has 0 aromatic heterocycles. The van der Waals surface area contributed by atoms with Gasteiger partial charge in [0.15, 0.2) is 0 Å². The summed E-state index contributed by atoms with van der Waals surface area (Å²) in [6, 6.07) is 0. The van der Waals surface area contributed by atoms with Crippen molar-refractivity contribution in [1.29, 1.82) is 0 Å². The molecule has 70 valence electrons. The second-order valence-electron chi connectivity index (χ2n) is 2.76. The molecule has 0 unspecified atom stereocenters. The highest BCUT2D eigenvalue weighted by molar-refractivity contribution is 5.82. The van der Waals surface area contributed by atoms with Crippen molar-refractivity contribution in [3.05, 3.63) is 11.8 Å². The average Bonchev–Trinajstić information content (AvgIpc) is 1.98. The first-order valence-electron chi connectivity index (χ1n) is 4.24. The zero-order chi connectivity index (χ0) is 9.56. The summed E-state index contributed by atoms with van der Waals surface area (Å²) in [4.78, 5) is 11.0. The fourth-order valence-electron chi connectivity index (χ4n) is 0.840. The Labute approximate surface area is 73.6 Å². The number of rotatable bonds is 4. The Morgan fingerprint density at radius 2 is 2.00 bits per heavy atom. The van der Waals surface area contributed by atoms with Gasteiger partial charge in [-0.05, 0) is 19.8 Å². The molecule has 0 aromatic rings. The van der Waals surface area contributed by atoms with Gasteiger partial charge in [0, 0.05) is 11.8 Å². The van der Waals surface area contributed by atoms with Crippen LogP contribution in [0, 0.1) is 0 Å². The quantitative estimate of drug-likeness (QED) is 0.516. The molecule has 0 spiro atoms. The number of carbonyl (C=O) groups excluding carboxylic acids is 1. The third-order valence-corrected chi connectivity index (χ3v) is 1.54. The van der Waals surface area contributed by atoms with Gasteiger partial charge in [-0.3, -0.25) is 0 Å². The second-order valence-corrected chi connectivity index (χ2v) is 2.76. The molecular formula is C9H17NO2. The summed E-state index contributed by atoms with van der Waals surface area (Å²) < 4.78 is 5.06. The summed E-state index contributed by atoms with van der Waals surface area (Å²) >= 11 is 0. The molecule has 3 heteroatoms. The van der Waals surface area contributed by atoms with Gasteiger partial charge in [0.1, 0.15) is 6.10 Å². The van der Waals surface area contributed by atoms with Crippen molar-refractivity contribution >= 4 is 5.97 Å². The maximum Gasteiger partial charge on any atom is 0.332 e. The maximum atomic E-state index is 11.0. The second kappa shape index (κ2) is 5.63. The Morgan fingerprint density at radius 3 is 2.33 bits per heavy atom. The highest BCUT2D eigenvalue weighted by Crippen LogP contribution is 2.03. The van der Waals surface area contributed by atoms with E-state index in [9.17, 15) is 4.79 Å². The predicted octanol–water partition coefficient (Wildman–Crippen LogP) is 1.58. The topological polar surface area (TPSA) is 52.3 Å². The molecule has 0 rings (SSSR count). The Kier molecular flexibility index (Phi) is 5.17.